The molecule has 0 atom stereocenters. The van der Waals surface area contributed by atoms with Gasteiger partial charge in [0.2, 0.25) is 11.8 Å². The van der Waals surface area contributed by atoms with Crippen LogP contribution in [0.25, 0.3) is 11.3 Å². The van der Waals surface area contributed by atoms with Gasteiger partial charge in [-0.25, -0.2) is 9.37 Å². The van der Waals surface area contributed by atoms with E-state index < -0.39 is 0 Å². The van der Waals surface area contributed by atoms with Crippen molar-refractivity contribution >= 4 is 17.6 Å². The molecule has 0 unspecified atom stereocenters. The molecular weight excluding hydrogens is 335 g/mol. The number of benzene rings is 1. The molecule has 3 rings (SSSR count). The highest BCUT2D eigenvalue weighted by Gasteiger charge is 2.22. The molecule has 136 valence electrons. The van der Waals surface area contributed by atoms with Crippen molar-refractivity contribution in [3.05, 3.63) is 42.5 Å². The van der Waals surface area contributed by atoms with Gasteiger partial charge >= 0.3 is 0 Å². The highest BCUT2D eigenvalue weighted by molar-refractivity contribution is 5.89. The van der Waals surface area contributed by atoms with Gasteiger partial charge in [-0.3, -0.25) is 14.6 Å². The maximum absolute atomic E-state index is 13.8. The van der Waals surface area contributed by atoms with Crippen LogP contribution >= 0.6 is 0 Å². The second-order valence-electron chi connectivity index (χ2n) is 6.47. The van der Waals surface area contributed by atoms with Crippen LogP contribution in [-0.2, 0) is 9.59 Å². The van der Waals surface area contributed by atoms with Gasteiger partial charge in [-0.05, 0) is 30.9 Å². The molecule has 2 aromatic rings. The van der Waals surface area contributed by atoms with E-state index in [-0.39, 0.29) is 23.5 Å². The lowest BCUT2D eigenvalue weighted by Crippen LogP contribution is -2.37. The molecule has 0 radical (unpaired) electrons. The van der Waals surface area contributed by atoms with Crippen molar-refractivity contribution in [3.8, 4) is 11.3 Å². The highest BCUT2D eigenvalue weighted by Crippen LogP contribution is 2.22. The zero-order chi connectivity index (χ0) is 18.5. The molecule has 2 amide bonds. The summed E-state index contributed by atoms with van der Waals surface area (Å²) in [6.07, 6.45) is 4.91. The van der Waals surface area contributed by atoms with Crippen LogP contribution in [0.3, 0.4) is 0 Å². The van der Waals surface area contributed by atoms with Crippen molar-refractivity contribution in [1.29, 1.82) is 0 Å². The molecule has 0 saturated carbocycles. The summed E-state index contributed by atoms with van der Waals surface area (Å²) in [5.41, 5.74) is 0.785. The molecular formula is C19H21FN4O2. The van der Waals surface area contributed by atoms with Crippen LogP contribution in [0.1, 0.15) is 26.2 Å². The minimum absolute atomic E-state index is 0.0816. The van der Waals surface area contributed by atoms with Gasteiger partial charge in [0.05, 0.1) is 18.1 Å². The van der Waals surface area contributed by atoms with Crippen molar-refractivity contribution in [3.63, 3.8) is 0 Å². The average Bonchev–Trinajstić information content (AvgIpc) is 2.63. The number of piperidine rings is 1. The third-order valence-corrected chi connectivity index (χ3v) is 4.60. The molecule has 0 spiro atoms. The van der Waals surface area contributed by atoms with Gasteiger partial charge < -0.3 is 10.2 Å². The molecule has 1 fully saturated rings. The van der Waals surface area contributed by atoms with Gasteiger partial charge in [0.15, 0.2) is 5.82 Å². The van der Waals surface area contributed by atoms with E-state index in [2.05, 4.69) is 15.3 Å². The lowest BCUT2D eigenvalue weighted by Gasteiger charge is -2.30. The third-order valence-electron chi connectivity index (χ3n) is 4.60. The number of amides is 2. The normalized spacial score (nSPS) is 14.9. The first kappa shape index (κ1) is 18.0. The predicted octanol–water partition coefficient (Wildman–Crippen LogP) is 2.87. The van der Waals surface area contributed by atoms with Gasteiger partial charge in [-0.1, -0.05) is 12.1 Å². The van der Waals surface area contributed by atoms with E-state index in [9.17, 15) is 14.0 Å². The fourth-order valence-corrected chi connectivity index (χ4v) is 3.11. The first-order chi connectivity index (χ1) is 12.5. The van der Waals surface area contributed by atoms with Crippen LogP contribution in [-0.4, -0.2) is 39.8 Å². The highest BCUT2D eigenvalue weighted by atomic mass is 19.1. The lowest BCUT2D eigenvalue weighted by atomic mass is 9.93. The fraction of sp³-hybridized carbons (Fsp3) is 0.368. The van der Waals surface area contributed by atoms with E-state index in [4.69, 9.17) is 0 Å². The number of nitrogens with zero attached hydrogens (tertiary/aromatic N) is 3. The molecule has 1 aliphatic rings. The summed E-state index contributed by atoms with van der Waals surface area (Å²) >= 11 is 0. The molecule has 2 heterocycles. The second kappa shape index (κ2) is 8.03. The van der Waals surface area contributed by atoms with Crippen molar-refractivity contribution in [1.82, 2.24) is 14.9 Å². The first-order valence-electron chi connectivity index (χ1n) is 8.65. The summed E-state index contributed by atoms with van der Waals surface area (Å²) in [6, 6.07) is 6.34. The molecule has 0 bridgehead atoms. The Morgan fingerprint density at radius 2 is 1.92 bits per heavy atom. The number of likely N-dealkylation sites (tertiary alicyclic amines) is 1. The maximum atomic E-state index is 13.8. The quantitative estimate of drug-likeness (QED) is 0.914. The Kier molecular flexibility index (Phi) is 5.55. The molecule has 6 nitrogen and oxygen atoms in total. The SMILES string of the molecule is CC(=O)N1CCC(CC(=O)Nc2cnc(-c3ccccc3F)cn2)CC1. The number of anilines is 1. The Labute approximate surface area is 151 Å². The summed E-state index contributed by atoms with van der Waals surface area (Å²) in [5.74, 6) is 0.195. The molecule has 0 aliphatic carbocycles. The number of carbonyl (C=O) groups excluding carboxylic acids is 2. The number of nitrogens with one attached hydrogen (secondary N) is 1. The van der Waals surface area contributed by atoms with E-state index in [1.54, 1.807) is 30.0 Å². The van der Waals surface area contributed by atoms with Gasteiger partial charge in [0, 0.05) is 32.0 Å². The molecule has 1 aromatic heterocycles. The monoisotopic (exact) mass is 356 g/mol. The van der Waals surface area contributed by atoms with Crippen LogP contribution in [0.4, 0.5) is 10.2 Å². The van der Waals surface area contributed by atoms with Crippen molar-refractivity contribution in [2.24, 2.45) is 5.92 Å². The lowest BCUT2D eigenvalue weighted by molar-refractivity contribution is -0.130. The Morgan fingerprint density at radius 3 is 2.54 bits per heavy atom. The number of hydrogen-bond donors (Lipinski definition) is 1. The molecule has 1 aliphatic heterocycles. The maximum Gasteiger partial charge on any atom is 0.225 e. The topological polar surface area (TPSA) is 75.2 Å². The van der Waals surface area contributed by atoms with Crippen molar-refractivity contribution < 1.29 is 14.0 Å². The average molecular weight is 356 g/mol. The minimum atomic E-state index is -0.365. The third kappa shape index (κ3) is 4.41. The smallest absolute Gasteiger partial charge is 0.225 e. The van der Waals surface area contributed by atoms with Crippen molar-refractivity contribution in [2.75, 3.05) is 18.4 Å². The van der Waals surface area contributed by atoms with E-state index in [1.807, 2.05) is 0 Å². The number of halogens is 1. The fourth-order valence-electron chi connectivity index (χ4n) is 3.11. The second-order valence-corrected chi connectivity index (χ2v) is 6.47. The summed E-state index contributed by atoms with van der Waals surface area (Å²) in [5, 5.41) is 2.73. The largest absolute Gasteiger partial charge is 0.343 e. The van der Waals surface area contributed by atoms with E-state index in [1.165, 1.54) is 18.5 Å². The standard InChI is InChI=1S/C19H21FN4O2/c1-13(25)24-8-6-14(7-9-24)10-19(26)23-18-12-21-17(11-22-18)15-4-2-3-5-16(15)20/h2-5,11-12,14H,6-10H2,1H3,(H,22,23,26). The summed E-state index contributed by atoms with van der Waals surface area (Å²) in [6.45, 7) is 2.96. The molecule has 1 N–H and O–H groups in total. The van der Waals surface area contributed by atoms with Crippen LogP contribution in [0.15, 0.2) is 36.7 Å². The molecule has 7 heteroatoms. The summed E-state index contributed by atoms with van der Waals surface area (Å²) in [7, 11) is 0. The molecule has 1 saturated heterocycles. The molecule has 1 aromatic carbocycles. The van der Waals surface area contributed by atoms with Gasteiger partial charge in [-0.15, -0.1) is 0 Å². The van der Waals surface area contributed by atoms with Gasteiger partial charge in [0.1, 0.15) is 5.82 Å². The Bertz CT molecular complexity index is 786. The number of rotatable bonds is 4. The Balaban J connectivity index is 1.54. The minimum Gasteiger partial charge on any atom is -0.343 e. The summed E-state index contributed by atoms with van der Waals surface area (Å²) in [4.78, 5) is 33.6. The number of carbonyl (C=O) groups is 2. The van der Waals surface area contributed by atoms with E-state index >= 15 is 0 Å². The van der Waals surface area contributed by atoms with Crippen LogP contribution < -0.4 is 5.32 Å². The van der Waals surface area contributed by atoms with Crippen molar-refractivity contribution in [2.45, 2.75) is 26.2 Å². The number of aromatic nitrogens is 2. The predicted molar refractivity (Wildman–Crippen MR) is 95.7 cm³/mol. The van der Waals surface area contributed by atoms with Gasteiger partial charge in [0.25, 0.3) is 0 Å². The first-order valence-corrected chi connectivity index (χ1v) is 8.65. The Hall–Kier alpha value is -2.83. The Morgan fingerprint density at radius 1 is 1.19 bits per heavy atom. The number of hydrogen-bond acceptors (Lipinski definition) is 4. The van der Waals surface area contributed by atoms with E-state index in [0.29, 0.717) is 36.6 Å². The van der Waals surface area contributed by atoms with Crippen LogP contribution in [0.5, 0.6) is 0 Å². The van der Waals surface area contributed by atoms with Crippen LogP contribution in [0.2, 0.25) is 0 Å². The summed E-state index contributed by atoms with van der Waals surface area (Å²) < 4.78 is 13.8. The zero-order valence-electron chi connectivity index (χ0n) is 14.6. The van der Waals surface area contributed by atoms with Gasteiger partial charge in [-0.2, -0.15) is 0 Å². The molecule has 26 heavy (non-hydrogen) atoms. The van der Waals surface area contributed by atoms with E-state index in [0.717, 1.165) is 12.8 Å². The van der Waals surface area contributed by atoms with Crippen LogP contribution in [0, 0.1) is 11.7 Å². The zero-order valence-corrected chi connectivity index (χ0v) is 14.6.